The van der Waals surface area contributed by atoms with Crippen LogP contribution in [0, 0.1) is 0 Å². The topological polar surface area (TPSA) is 55.8 Å². The predicted molar refractivity (Wildman–Crippen MR) is 205 cm³/mol. The first-order valence-corrected chi connectivity index (χ1v) is 19.4. The van der Waals surface area contributed by atoms with Gasteiger partial charge in [0.2, 0.25) is 0 Å². The van der Waals surface area contributed by atoms with Crippen molar-refractivity contribution in [3.63, 3.8) is 0 Å². The van der Waals surface area contributed by atoms with Crippen LogP contribution in [-0.4, -0.2) is 4.89 Å². The van der Waals surface area contributed by atoms with E-state index in [1.54, 1.807) is 0 Å². The Morgan fingerprint density at radius 1 is 0.490 bits per heavy atom. The van der Waals surface area contributed by atoms with Gasteiger partial charge < -0.3 is 9.05 Å². The second kappa shape index (κ2) is 13.2. The summed E-state index contributed by atoms with van der Waals surface area (Å²) < 4.78 is 27.1. The average molecular weight is 669 g/mol. The van der Waals surface area contributed by atoms with Crippen LogP contribution in [0.15, 0.2) is 84.9 Å². The standard InChI is InChI=1S/C44H45O4P/c1-7-27-21-29(9-3)39(30(10-4)22-27)37-25-33-17-13-15-19-35(33)41-42-36-20-16-14-18-34(36)26-38(44(42)48-49(45,46)47-43(37)41)40-31(11-5)23-28(8-2)24-32(40)12-6/h13-26H,7-12H2,1-6H3,(H,45,46). The van der Waals surface area contributed by atoms with E-state index in [0.29, 0.717) is 11.5 Å². The Morgan fingerprint density at radius 2 is 0.837 bits per heavy atom. The SMILES string of the molecule is CCc1cc(CC)c(-c2cc3ccccc3c3c2OP(=O)(O)Oc2c(-c4c(CC)cc(CC)cc4CC)cc4ccccc4c2-3)c(CC)c1. The minimum Gasteiger partial charge on any atom is -0.394 e. The van der Waals surface area contributed by atoms with E-state index in [1.165, 1.54) is 33.4 Å². The number of phosphoric acid groups is 1. The number of benzene rings is 6. The van der Waals surface area contributed by atoms with Crippen LogP contribution in [0.5, 0.6) is 11.5 Å². The Balaban J connectivity index is 1.71. The summed E-state index contributed by atoms with van der Waals surface area (Å²) in [7, 11) is -4.67. The third kappa shape index (κ3) is 5.66. The maximum absolute atomic E-state index is 14.3. The van der Waals surface area contributed by atoms with Gasteiger partial charge in [-0.05, 0) is 117 Å². The van der Waals surface area contributed by atoms with Crippen molar-refractivity contribution in [2.45, 2.75) is 80.1 Å². The van der Waals surface area contributed by atoms with Crippen molar-refractivity contribution < 1.29 is 18.5 Å². The summed E-state index contributed by atoms with van der Waals surface area (Å²) in [5.74, 6) is 0.791. The summed E-state index contributed by atoms with van der Waals surface area (Å²) in [6, 6.07) is 30.0. The molecule has 0 aromatic heterocycles. The molecule has 0 radical (unpaired) electrons. The van der Waals surface area contributed by atoms with Crippen molar-refractivity contribution in [3.8, 4) is 44.9 Å². The fourth-order valence-corrected chi connectivity index (χ4v) is 8.74. The molecule has 0 bridgehead atoms. The highest BCUT2D eigenvalue weighted by Gasteiger charge is 2.38. The van der Waals surface area contributed by atoms with Gasteiger partial charge in [-0.25, -0.2) is 4.57 Å². The number of aryl methyl sites for hydroxylation is 6. The van der Waals surface area contributed by atoms with Gasteiger partial charge >= 0.3 is 7.82 Å². The van der Waals surface area contributed by atoms with Crippen LogP contribution in [-0.2, 0) is 43.1 Å². The number of hydrogen-bond donors (Lipinski definition) is 1. The zero-order valence-electron chi connectivity index (χ0n) is 29.4. The fraction of sp³-hybridized carbons (Fsp3) is 0.273. The highest BCUT2D eigenvalue weighted by atomic mass is 31.2. The average Bonchev–Trinajstić information content (AvgIpc) is 3.26. The molecule has 1 aliphatic heterocycles. The lowest BCUT2D eigenvalue weighted by atomic mass is 9.82. The molecule has 6 aromatic rings. The summed E-state index contributed by atoms with van der Waals surface area (Å²) in [5.41, 5.74) is 12.7. The maximum atomic E-state index is 14.3. The maximum Gasteiger partial charge on any atom is 0.584 e. The predicted octanol–water partition coefficient (Wildman–Crippen LogP) is 12.2. The van der Waals surface area contributed by atoms with Crippen molar-refractivity contribution in [2.75, 3.05) is 0 Å². The molecule has 0 fully saturated rings. The zero-order chi connectivity index (χ0) is 34.4. The molecular weight excluding hydrogens is 623 g/mol. The van der Waals surface area contributed by atoms with Crippen LogP contribution >= 0.6 is 7.82 Å². The molecule has 5 heteroatoms. The second-order valence-corrected chi connectivity index (χ2v) is 14.4. The van der Waals surface area contributed by atoms with Gasteiger partial charge in [-0.3, -0.25) is 4.89 Å². The fourth-order valence-electron chi connectivity index (χ4n) is 7.86. The first-order valence-electron chi connectivity index (χ1n) is 17.9. The Bertz CT molecular complexity index is 2090. The molecule has 7 rings (SSSR count). The van der Waals surface area contributed by atoms with Crippen LogP contribution in [0.4, 0.5) is 0 Å². The number of hydrogen-bond acceptors (Lipinski definition) is 3. The van der Waals surface area contributed by atoms with Crippen LogP contribution in [0.2, 0.25) is 0 Å². The van der Waals surface area contributed by atoms with Crippen LogP contribution < -0.4 is 9.05 Å². The Kier molecular flexibility index (Phi) is 8.90. The quantitative estimate of drug-likeness (QED) is 0.164. The molecule has 250 valence electrons. The molecule has 0 saturated carbocycles. The van der Waals surface area contributed by atoms with Crippen LogP contribution in [0.3, 0.4) is 0 Å². The molecule has 0 atom stereocenters. The minimum atomic E-state index is -4.67. The van der Waals surface area contributed by atoms with Gasteiger partial charge in [-0.2, -0.15) is 0 Å². The lowest BCUT2D eigenvalue weighted by Crippen LogP contribution is -2.03. The zero-order valence-corrected chi connectivity index (χ0v) is 30.3. The summed E-state index contributed by atoms with van der Waals surface area (Å²) in [6.07, 6.45) is 5.16. The van der Waals surface area contributed by atoms with E-state index in [1.807, 2.05) is 12.1 Å². The smallest absolute Gasteiger partial charge is 0.394 e. The molecule has 6 aromatic carbocycles. The molecule has 1 aliphatic rings. The van der Waals surface area contributed by atoms with Crippen molar-refractivity contribution in [2.24, 2.45) is 0 Å². The summed E-state index contributed by atoms with van der Waals surface area (Å²) in [6.45, 7) is 13.1. The number of phosphoric ester groups is 1. The lowest BCUT2D eigenvalue weighted by Gasteiger charge is -2.22. The Morgan fingerprint density at radius 3 is 1.16 bits per heavy atom. The molecule has 4 nitrogen and oxygen atoms in total. The van der Waals surface area contributed by atoms with Crippen molar-refractivity contribution >= 4 is 29.4 Å². The molecule has 0 unspecified atom stereocenters. The van der Waals surface area contributed by atoms with Gasteiger partial charge in [0.1, 0.15) is 11.5 Å². The van der Waals surface area contributed by atoms with E-state index >= 15 is 0 Å². The van der Waals surface area contributed by atoms with Gasteiger partial charge in [0.15, 0.2) is 0 Å². The van der Waals surface area contributed by atoms with Crippen LogP contribution in [0.1, 0.15) is 74.9 Å². The number of fused-ring (bicyclic) bond motifs is 7. The molecule has 1 N–H and O–H groups in total. The first-order chi connectivity index (χ1) is 23.7. The van der Waals surface area contributed by atoms with Crippen molar-refractivity contribution in [1.82, 2.24) is 0 Å². The minimum absolute atomic E-state index is 0.395. The summed E-state index contributed by atoms with van der Waals surface area (Å²) in [4.78, 5) is 11.7. The molecule has 0 amide bonds. The highest BCUT2D eigenvalue weighted by Crippen LogP contribution is 2.62. The van der Waals surface area contributed by atoms with Crippen LogP contribution in [0.25, 0.3) is 54.9 Å². The largest absolute Gasteiger partial charge is 0.584 e. The highest BCUT2D eigenvalue weighted by molar-refractivity contribution is 7.48. The first kappa shape index (κ1) is 33.1. The number of rotatable bonds is 8. The summed E-state index contributed by atoms with van der Waals surface area (Å²) in [5, 5.41) is 3.97. The van der Waals surface area contributed by atoms with Crippen molar-refractivity contribution in [1.29, 1.82) is 0 Å². The van der Waals surface area contributed by atoms with Gasteiger partial charge in [-0.1, -0.05) is 114 Å². The van der Waals surface area contributed by atoms with Gasteiger partial charge in [0, 0.05) is 22.3 Å². The van der Waals surface area contributed by atoms with E-state index in [0.717, 1.165) is 93.5 Å². The monoisotopic (exact) mass is 668 g/mol. The third-order valence-corrected chi connectivity index (χ3v) is 11.1. The molecule has 0 saturated heterocycles. The van der Waals surface area contributed by atoms with Gasteiger partial charge in [0.05, 0.1) is 0 Å². The van der Waals surface area contributed by atoms with E-state index in [4.69, 9.17) is 9.05 Å². The molecular formula is C44H45O4P. The normalized spacial score (nSPS) is 13.4. The van der Waals surface area contributed by atoms with Gasteiger partial charge in [0.25, 0.3) is 0 Å². The second-order valence-electron chi connectivity index (χ2n) is 13.0. The molecule has 1 heterocycles. The molecule has 0 aliphatic carbocycles. The van der Waals surface area contributed by atoms with E-state index in [2.05, 4.69) is 114 Å². The van der Waals surface area contributed by atoms with Crippen molar-refractivity contribution in [3.05, 3.63) is 118 Å². The lowest BCUT2D eigenvalue weighted by molar-refractivity contribution is 0.295. The molecule has 0 spiro atoms. The Hall–Kier alpha value is -4.37. The summed E-state index contributed by atoms with van der Waals surface area (Å²) >= 11 is 0. The van der Waals surface area contributed by atoms with E-state index in [-0.39, 0.29) is 0 Å². The van der Waals surface area contributed by atoms with Gasteiger partial charge in [-0.15, -0.1) is 0 Å². The third-order valence-electron chi connectivity index (χ3n) is 10.3. The Labute approximate surface area is 290 Å². The van der Waals surface area contributed by atoms with E-state index < -0.39 is 7.82 Å². The van der Waals surface area contributed by atoms with E-state index in [9.17, 15) is 9.46 Å². The molecule has 49 heavy (non-hydrogen) atoms.